The largest absolute Gasteiger partial charge is 0.331 e. The summed E-state index contributed by atoms with van der Waals surface area (Å²) >= 11 is 0. The van der Waals surface area contributed by atoms with Crippen LogP contribution in [0.3, 0.4) is 0 Å². The summed E-state index contributed by atoms with van der Waals surface area (Å²) in [6.07, 6.45) is 6.24. The van der Waals surface area contributed by atoms with Crippen LogP contribution >= 0.6 is 0 Å². The van der Waals surface area contributed by atoms with Crippen molar-refractivity contribution >= 4 is 6.03 Å². The highest BCUT2D eigenvalue weighted by atomic mass is 16.2. The number of hydrogen-bond acceptors (Lipinski definition) is 2. The van der Waals surface area contributed by atoms with Crippen molar-refractivity contribution in [2.45, 2.75) is 51.1 Å². The highest BCUT2D eigenvalue weighted by Crippen LogP contribution is 2.26. The third-order valence-electron chi connectivity index (χ3n) is 4.31. The maximum absolute atomic E-state index is 11.8. The van der Waals surface area contributed by atoms with Gasteiger partial charge in [-0.05, 0) is 38.0 Å². The lowest BCUT2D eigenvalue weighted by molar-refractivity contribution is 0.150. The van der Waals surface area contributed by atoms with Gasteiger partial charge >= 0.3 is 6.03 Å². The molecule has 0 bridgehead atoms. The van der Waals surface area contributed by atoms with E-state index in [-0.39, 0.29) is 6.03 Å². The van der Waals surface area contributed by atoms with Crippen molar-refractivity contribution in [3.05, 3.63) is 0 Å². The van der Waals surface area contributed by atoms with Crippen molar-refractivity contribution in [2.75, 3.05) is 27.2 Å². The fourth-order valence-corrected chi connectivity index (χ4v) is 3.21. The lowest BCUT2D eigenvalue weighted by Crippen LogP contribution is -2.49. The van der Waals surface area contributed by atoms with Crippen LogP contribution in [0.25, 0.3) is 0 Å². The van der Waals surface area contributed by atoms with Crippen molar-refractivity contribution < 1.29 is 4.79 Å². The van der Waals surface area contributed by atoms with Crippen molar-refractivity contribution in [3.8, 4) is 0 Å². The van der Waals surface area contributed by atoms with Crippen LogP contribution in [-0.4, -0.2) is 55.1 Å². The van der Waals surface area contributed by atoms with Crippen LogP contribution in [-0.2, 0) is 0 Å². The molecule has 18 heavy (non-hydrogen) atoms. The van der Waals surface area contributed by atoms with Crippen molar-refractivity contribution in [2.24, 2.45) is 5.92 Å². The Hall–Kier alpha value is -0.770. The van der Waals surface area contributed by atoms with Crippen LogP contribution in [0.2, 0.25) is 0 Å². The number of likely N-dealkylation sites (tertiary alicyclic amines) is 1. The predicted molar refractivity (Wildman–Crippen MR) is 73.6 cm³/mol. The lowest BCUT2D eigenvalue weighted by atomic mass is 10.0. The molecule has 1 aliphatic carbocycles. The molecule has 2 atom stereocenters. The standard InChI is InChI=1S/C14H27N3O/c1-11-4-5-13(10-11)15-12-6-8-17(9-7-12)14(18)16(2)3/h11-13,15H,4-10H2,1-3H3. The van der Waals surface area contributed by atoms with Crippen molar-refractivity contribution in [1.82, 2.24) is 15.1 Å². The Bertz CT molecular complexity index is 285. The number of carbonyl (C=O) groups is 1. The molecule has 1 saturated heterocycles. The highest BCUT2D eigenvalue weighted by Gasteiger charge is 2.27. The molecule has 2 rings (SSSR count). The van der Waals surface area contributed by atoms with E-state index >= 15 is 0 Å². The molecule has 1 saturated carbocycles. The molecule has 4 nitrogen and oxygen atoms in total. The van der Waals surface area contributed by atoms with Gasteiger partial charge in [-0.1, -0.05) is 6.92 Å². The third-order valence-corrected chi connectivity index (χ3v) is 4.31. The van der Waals surface area contributed by atoms with E-state index in [4.69, 9.17) is 0 Å². The third kappa shape index (κ3) is 3.37. The molecule has 104 valence electrons. The number of rotatable bonds is 2. The summed E-state index contributed by atoms with van der Waals surface area (Å²) < 4.78 is 0. The van der Waals surface area contributed by atoms with E-state index in [1.807, 2.05) is 19.0 Å². The maximum atomic E-state index is 11.8. The van der Waals surface area contributed by atoms with Crippen LogP contribution in [0.5, 0.6) is 0 Å². The zero-order valence-electron chi connectivity index (χ0n) is 12.0. The molecule has 0 radical (unpaired) electrons. The van der Waals surface area contributed by atoms with Gasteiger partial charge in [-0.25, -0.2) is 4.79 Å². The SMILES string of the molecule is CC1CCC(NC2CCN(C(=O)N(C)C)CC2)C1. The van der Waals surface area contributed by atoms with Crippen LogP contribution in [0.4, 0.5) is 4.79 Å². The first-order valence-corrected chi connectivity index (χ1v) is 7.28. The lowest BCUT2D eigenvalue weighted by Gasteiger charge is -2.35. The summed E-state index contributed by atoms with van der Waals surface area (Å²) in [7, 11) is 3.65. The molecule has 1 heterocycles. The molecule has 1 N–H and O–H groups in total. The molecule has 0 aromatic heterocycles. The molecule has 0 spiro atoms. The van der Waals surface area contributed by atoms with Crippen LogP contribution in [0.15, 0.2) is 0 Å². The van der Waals surface area contributed by atoms with Gasteiger partial charge < -0.3 is 15.1 Å². The maximum Gasteiger partial charge on any atom is 0.319 e. The molecule has 2 aliphatic rings. The first kappa shape index (κ1) is 13.7. The molecular weight excluding hydrogens is 226 g/mol. The molecule has 4 heteroatoms. The van der Waals surface area contributed by atoms with Gasteiger partial charge in [0, 0.05) is 39.3 Å². The van der Waals surface area contributed by atoms with Gasteiger partial charge in [0.25, 0.3) is 0 Å². The van der Waals surface area contributed by atoms with Gasteiger partial charge in [0.2, 0.25) is 0 Å². The number of nitrogens with zero attached hydrogens (tertiary/aromatic N) is 2. The van der Waals surface area contributed by atoms with E-state index in [0.717, 1.165) is 37.9 Å². The van der Waals surface area contributed by atoms with Crippen LogP contribution in [0, 0.1) is 5.92 Å². The fraction of sp³-hybridized carbons (Fsp3) is 0.929. The average molecular weight is 253 g/mol. The molecule has 2 fully saturated rings. The smallest absolute Gasteiger partial charge is 0.319 e. The Morgan fingerprint density at radius 2 is 1.78 bits per heavy atom. The predicted octanol–water partition coefficient (Wildman–Crippen LogP) is 1.91. The first-order valence-electron chi connectivity index (χ1n) is 7.28. The van der Waals surface area contributed by atoms with E-state index in [1.165, 1.54) is 19.3 Å². The second-order valence-electron chi connectivity index (χ2n) is 6.22. The first-order chi connectivity index (χ1) is 8.56. The number of amides is 2. The Morgan fingerprint density at radius 1 is 1.11 bits per heavy atom. The zero-order valence-corrected chi connectivity index (χ0v) is 12.0. The molecular formula is C14H27N3O. The summed E-state index contributed by atoms with van der Waals surface area (Å²) in [4.78, 5) is 15.5. The van der Waals surface area contributed by atoms with E-state index in [9.17, 15) is 4.79 Å². The molecule has 2 amide bonds. The second-order valence-corrected chi connectivity index (χ2v) is 6.22. The molecule has 2 unspecified atom stereocenters. The minimum absolute atomic E-state index is 0.155. The fourth-order valence-electron chi connectivity index (χ4n) is 3.21. The van der Waals surface area contributed by atoms with Gasteiger partial charge in [-0.15, -0.1) is 0 Å². The second kappa shape index (κ2) is 5.91. The summed E-state index contributed by atoms with van der Waals surface area (Å²) in [5, 5.41) is 3.79. The van der Waals surface area contributed by atoms with Gasteiger partial charge in [0.05, 0.1) is 0 Å². The van der Waals surface area contributed by atoms with Gasteiger partial charge in [0.1, 0.15) is 0 Å². The average Bonchev–Trinajstić information content (AvgIpc) is 2.75. The van der Waals surface area contributed by atoms with E-state index in [0.29, 0.717) is 6.04 Å². The number of nitrogens with one attached hydrogen (secondary N) is 1. The topological polar surface area (TPSA) is 35.6 Å². The van der Waals surface area contributed by atoms with E-state index < -0.39 is 0 Å². The Balaban J connectivity index is 1.72. The minimum Gasteiger partial charge on any atom is -0.331 e. The Kier molecular flexibility index (Phi) is 4.49. The summed E-state index contributed by atoms with van der Waals surface area (Å²) in [6.45, 7) is 4.15. The summed E-state index contributed by atoms with van der Waals surface area (Å²) in [6, 6.07) is 1.50. The molecule has 1 aliphatic heterocycles. The van der Waals surface area contributed by atoms with Gasteiger partial charge in [0.15, 0.2) is 0 Å². The number of carbonyl (C=O) groups excluding carboxylic acids is 1. The van der Waals surface area contributed by atoms with E-state index in [1.54, 1.807) is 4.90 Å². The van der Waals surface area contributed by atoms with Crippen molar-refractivity contribution in [1.29, 1.82) is 0 Å². The zero-order chi connectivity index (χ0) is 13.1. The Morgan fingerprint density at radius 3 is 2.28 bits per heavy atom. The molecule has 0 aromatic carbocycles. The van der Waals surface area contributed by atoms with Gasteiger partial charge in [-0.3, -0.25) is 0 Å². The number of urea groups is 1. The monoisotopic (exact) mass is 253 g/mol. The highest BCUT2D eigenvalue weighted by molar-refractivity contribution is 5.73. The number of piperidine rings is 1. The van der Waals surface area contributed by atoms with Crippen LogP contribution in [0.1, 0.15) is 39.0 Å². The number of hydrogen-bond donors (Lipinski definition) is 1. The van der Waals surface area contributed by atoms with Gasteiger partial charge in [-0.2, -0.15) is 0 Å². The molecule has 0 aromatic rings. The van der Waals surface area contributed by atoms with Crippen LogP contribution < -0.4 is 5.32 Å². The van der Waals surface area contributed by atoms with Crippen molar-refractivity contribution in [3.63, 3.8) is 0 Å². The van der Waals surface area contributed by atoms with E-state index in [2.05, 4.69) is 12.2 Å². The minimum atomic E-state index is 0.155. The summed E-state index contributed by atoms with van der Waals surface area (Å²) in [5.74, 6) is 0.887. The quantitative estimate of drug-likeness (QED) is 0.816. The normalized spacial score (nSPS) is 29.6. The Labute approximate surface area is 111 Å². The summed E-state index contributed by atoms with van der Waals surface area (Å²) in [5.41, 5.74) is 0.